The van der Waals surface area contributed by atoms with Crippen LogP contribution in [0, 0.1) is 5.41 Å². The molecule has 0 amide bonds. The van der Waals surface area contributed by atoms with E-state index in [1.54, 1.807) is 6.08 Å². The third-order valence-corrected chi connectivity index (χ3v) is 4.80. The summed E-state index contributed by atoms with van der Waals surface area (Å²) in [5.74, 6) is 1.13. The molecular weight excluding hydrogens is 236 g/mol. The van der Waals surface area contributed by atoms with Crippen molar-refractivity contribution in [1.82, 2.24) is 0 Å². The van der Waals surface area contributed by atoms with Crippen molar-refractivity contribution < 1.29 is 13.2 Å². The van der Waals surface area contributed by atoms with Gasteiger partial charge >= 0.3 is 0 Å². The number of ketones is 1. The number of allylic oxidation sites excluding steroid dienone is 2. The molecule has 0 aromatic carbocycles. The minimum atomic E-state index is -2.55. The lowest BCUT2D eigenvalue weighted by Crippen LogP contribution is -2.20. The quantitative estimate of drug-likeness (QED) is 0.671. The van der Waals surface area contributed by atoms with Crippen LogP contribution in [0.25, 0.3) is 0 Å². The first-order valence-corrected chi connectivity index (χ1v) is 7.93. The van der Waals surface area contributed by atoms with Gasteiger partial charge in [-0.1, -0.05) is 19.4 Å². The van der Waals surface area contributed by atoms with E-state index >= 15 is 0 Å². The van der Waals surface area contributed by atoms with Gasteiger partial charge in [-0.3, -0.25) is 4.79 Å². The average Bonchev–Trinajstić information content (AvgIpc) is 2.46. The molecular formula is C13H22O3S. The van der Waals surface area contributed by atoms with E-state index in [-0.39, 0.29) is 11.2 Å². The highest BCUT2D eigenvalue weighted by molar-refractivity contribution is 7.91. The van der Waals surface area contributed by atoms with E-state index in [9.17, 15) is 13.2 Å². The van der Waals surface area contributed by atoms with Gasteiger partial charge in [-0.05, 0) is 37.7 Å². The van der Waals surface area contributed by atoms with Gasteiger partial charge in [-0.2, -0.15) is 0 Å². The van der Waals surface area contributed by atoms with E-state index in [4.69, 9.17) is 0 Å². The van der Waals surface area contributed by atoms with Gasteiger partial charge in [0.15, 0.2) is 5.78 Å². The molecule has 98 valence electrons. The molecule has 1 fully saturated rings. The van der Waals surface area contributed by atoms with Crippen LogP contribution in [0.3, 0.4) is 0 Å². The molecule has 1 heterocycles. The number of hydrogen-bond donors (Lipinski definition) is 0. The monoisotopic (exact) mass is 258 g/mol. The second kappa shape index (κ2) is 5.34. The van der Waals surface area contributed by atoms with Crippen LogP contribution in [0.1, 0.15) is 46.5 Å². The maximum atomic E-state index is 11.0. The first-order valence-electron chi connectivity index (χ1n) is 6.11. The normalized spacial score (nSPS) is 25.8. The van der Waals surface area contributed by atoms with Gasteiger partial charge in [0.25, 0.3) is 0 Å². The van der Waals surface area contributed by atoms with Crippen LogP contribution in [-0.4, -0.2) is 25.7 Å². The molecule has 0 aromatic heterocycles. The van der Waals surface area contributed by atoms with Crippen molar-refractivity contribution in [2.75, 3.05) is 11.5 Å². The van der Waals surface area contributed by atoms with Gasteiger partial charge in [-0.15, -0.1) is 0 Å². The average molecular weight is 258 g/mol. The van der Waals surface area contributed by atoms with Crippen LogP contribution in [0.4, 0.5) is 0 Å². The van der Waals surface area contributed by atoms with E-state index in [1.807, 2.05) is 6.92 Å². The van der Waals surface area contributed by atoms with Crippen LogP contribution in [0.2, 0.25) is 0 Å². The smallest absolute Gasteiger partial charge is 0.156 e. The van der Waals surface area contributed by atoms with Gasteiger partial charge in [0.2, 0.25) is 0 Å². The van der Waals surface area contributed by atoms with Crippen molar-refractivity contribution in [3.8, 4) is 0 Å². The fraction of sp³-hybridized carbons (Fsp3) is 0.769. The number of sulfone groups is 1. The lowest BCUT2D eigenvalue weighted by molar-refractivity contribution is -0.117. The molecule has 0 spiro atoms. The van der Waals surface area contributed by atoms with Gasteiger partial charge in [0.05, 0.1) is 11.5 Å². The molecule has 2 aliphatic rings. The zero-order valence-corrected chi connectivity index (χ0v) is 11.8. The van der Waals surface area contributed by atoms with Crippen LogP contribution in [-0.2, 0) is 14.6 Å². The molecule has 2 rings (SSSR count). The minimum Gasteiger partial charge on any atom is -0.295 e. The molecule has 0 atom stereocenters. The maximum Gasteiger partial charge on any atom is 0.156 e. The standard InChI is InChI=1S/C9H14O.C4H8O2S/c1-7-4-8(10)6-9(2,3)5-7;5-7(6)3-1-2-4-7/h4H,5-6H2,1-3H3;1-4H2. The van der Waals surface area contributed by atoms with Crippen molar-refractivity contribution in [3.63, 3.8) is 0 Å². The molecule has 0 radical (unpaired) electrons. The highest BCUT2D eigenvalue weighted by Crippen LogP contribution is 2.32. The summed E-state index contributed by atoms with van der Waals surface area (Å²) >= 11 is 0. The summed E-state index contributed by atoms with van der Waals surface area (Å²) in [7, 11) is -2.55. The lowest BCUT2D eigenvalue weighted by atomic mass is 9.77. The second-order valence-corrected chi connectivity index (χ2v) is 8.14. The summed E-state index contributed by atoms with van der Waals surface area (Å²) in [6.45, 7) is 6.31. The van der Waals surface area contributed by atoms with E-state index in [1.165, 1.54) is 5.57 Å². The fourth-order valence-corrected chi connectivity index (χ4v) is 3.90. The Morgan fingerprint density at radius 3 is 1.94 bits per heavy atom. The van der Waals surface area contributed by atoms with Crippen molar-refractivity contribution in [2.24, 2.45) is 5.41 Å². The molecule has 0 saturated carbocycles. The Labute approximate surface area is 104 Å². The first-order chi connectivity index (χ1) is 7.70. The molecule has 1 saturated heterocycles. The Morgan fingerprint density at radius 1 is 1.12 bits per heavy atom. The largest absolute Gasteiger partial charge is 0.295 e. The SMILES string of the molecule is CC1=CC(=O)CC(C)(C)C1.O=S1(=O)CCCC1. The van der Waals surface area contributed by atoms with Crippen LogP contribution in [0.5, 0.6) is 0 Å². The fourth-order valence-electron chi connectivity index (χ4n) is 2.41. The Morgan fingerprint density at radius 2 is 1.65 bits per heavy atom. The number of carbonyl (C=O) groups is 1. The number of carbonyl (C=O) groups excluding carboxylic acids is 1. The summed E-state index contributed by atoms with van der Waals surface area (Å²) in [6, 6.07) is 0. The number of hydrogen-bond acceptors (Lipinski definition) is 3. The molecule has 1 aliphatic carbocycles. The molecule has 0 aromatic rings. The molecule has 0 bridgehead atoms. The molecule has 1 aliphatic heterocycles. The third-order valence-electron chi connectivity index (χ3n) is 2.98. The van der Waals surface area contributed by atoms with Gasteiger partial charge in [0, 0.05) is 6.42 Å². The maximum absolute atomic E-state index is 11.0. The van der Waals surface area contributed by atoms with Gasteiger partial charge in [0.1, 0.15) is 9.84 Å². The molecule has 4 heteroatoms. The highest BCUT2D eigenvalue weighted by atomic mass is 32.2. The van der Waals surface area contributed by atoms with E-state index in [2.05, 4.69) is 13.8 Å². The van der Waals surface area contributed by atoms with Crippen molar-refractivity contribution in [3.05, 3.63) is 11.6 Å². The summed E-state index contributed by atoms with van der Waals surface area (Å²) in [5.41, 5.74) is 1.43. The summed E-state index contributed by atoms with van der Waals surface area (Å²) in [6.07, 6.45) is 5.30. The second-order valence-electron chi connectivity index (χ2n) is 5.83. The zero-order chi connectivity index (χ0) is 13.1. The van der Waals surface area contributed by atoms with Crippen molar-refractivity contribution in [1.29, 1.82) is 0 Å². The Kier molecular flexibility index (Phi) is 4.53. The highest BCUT2D eigenvalue weighted by Gasteiger charge is 2.25. The van der Waals surface area contributed by atoms with Gasteiger partial charge < -0.3 is 0 Å². The summed E-state index contributed by atoms with van der Waals surface area (Å²) in [5, 5.41) is 0. The van der Waals surface area contributed by atoms with E-state index in [0.717, 1.165) is 19.3 Å². The topological polar surface area (TPSA) is 51.2 Å². The van der Waals surface area contributed by atoms with E-state index < -0.39 is 9.84 Å². The summed E-state index contributed by atoms with van der Waals surface area (Å²) in [4.78, 5) is 11.0. The predicted octanol–water partition coefficient (Wildman–Crippen LogP) is 2.52. The van der Waals surface area contributed by atoms with Gasteiger partial charge in [-0.25, -0.2) is 8.42 Å². The first kappa shape index (κ1) is 14.4. The third kappa shape index (κ3) is 5.48. The Bertz CT molecular complexity index is 404. The number of rotatable bonds is 0. The predicted molar refractivity (Wildman–Crippen MR) is 69.7 cm³/mol. The molecule has 0 N–H and O–H groups in total. The van der Waals surface area contributed by atoms with E-state index in [0.29, 0.717) is 17.9 Å². The van der Waals surface area contributed by atoms with Crippen molar-refractivity contribution >= 4 is 15.6 Å². The molecule has 3 nitrogen and oxygen atoms in total. The van der Waals surface area contributed by atoms with Crippen LogP contribution < -0.4 is 0 Å². The van der Waals surface area contributed by atoms with Crippen molar-refractivity contribution in [2.45, 2.75) is 46.5 Å². The van der Waals surface area contributed by atoms with Crippen LogP contribution in [0.15, 0.2) is 11.6 Å². The lowest BCUT2D eigenvalue weighted by Gasteiger charge is -2.27. The Hall–Kier alpha value is -0.640. The summed E-state index contributed by atoms with van der Waals surface area (Å²) < 4.78 is 20.9. The molecule has 17 heavy (non-hydrogen) atoms. The van der Waals surface area contributed by atoms with Crippen LogP contribution >= 0.6 is 0 Å². The minimum absolute atomic E-state index is 0.204. The Balaban J connectivity index is 0.000000181. The molecule has 0 unspecified atom stereocenters. The zero-order valence-electron chi connectivity index (χ0n) is 11.0.